The summed E-state index contributed by atoms with van der Waals surface area (Å²) in [5.41, 5.74) is 0.472. The maximum absolute atomic E-state index is 10.9. The molecule has 0 heterocycles. The molecular formula is C11H13ClCrO5. The average molecular weight is 313 g/mol. The van der Waals surface area contributed by atoms with Gasteiger partial charge in [-0.15, -0.1) is 0 Å². The molecule has 0 fully saturated rings. The van der Waals surface area contributed by atoms with Crippen molar-refractivity contribution in [2.24, 2.45) is 0 Å². The standard InChI is InChI=1S/C8H7ClO2.3CH2O.Cr/c1-11-8(10)6-3-2-4-7(9)5-6;3*1-2;/h2-5H,1H3;3*1H2;. The van der Waals surface area contributed by atoms with E-state index in [2.05, 4.69) is 4.74 Å². The van der Waals surface area contributed by atoms with E-state index in [9.17, 15) is 4.79 Å². The first kappa shape index (κ1) is 25.4. The molecule has 0 aliphatic rings. The quantitative estimate of drug-likeness (QED) is 0.736. The maximum atomic E-state index is 10.9. The number of hydrogen-bond acceptors (Lipinski definition) is 5. The van der Waals surface area contributed by atoms with Gasteiger partial charge >= 0.3 is 5.97 Å². The monoisotopic (exact) mass is 312 g/mol. The van der Waals surface area contributed by atoms with Gasteiger partial charge in [-0.05, 0) is 18.2 Å². The normalized spacial score (nSPS) is 6.33. The van der Waals surface area contributed by atoms with Crippen molar-refractivity contribution >= 4 is 37.9 Å². The van der Waals surface area contributed by atoms with Crippen LogP contribution in [0, 0.1) is 0 Å². The summed E-state index contributed by atoms with van der Waals surface area (Å²) in [6, 6.07) is 6.62. The van der Waals surface area contributed by atoms with Crippen LogP contribution >= 0.6 is 11.6 Å². The van der Waals surface area contributed by atoms with E-state index in [1.807, 2.05) is 20.4 Å². The predicted octanol–water partition coefficient (Wildman–Crippen LogP) is 1.57. The average Bonchev–Trinajstić information content (AvgIpc) is 2.44. The topological polar surface area (TPSA) is 77.5 Å². The van der Waals surface area contributed by atoms with Gasteiger partial charge < -0.3 is 19.1 Å². The molecule has 0 unspecified atom stereocenters. The van der Waals surface area contributed by atoms with E-state index in [1.54, 1.807) is 24.3 Å². The number of rotatable bonds is 1. The van der Waals surface area contributed by atoms with E-state index in [1.165, 1.54) is 7.11 Å². The number of ether oxygens (including phenoxy) is 1. The van der Waals surface area contributed by atoms with E-state index in [-0.39, 0.29) is 23.3 Å². The minimum atomic E-state index is -0.368. The summed E-state index contributed by atoms with van der Waals surface area (Å²) in [4.78, 5) is 34.9. The van der Waals surface area contributed by atoms with Crippen molar-refractivity contribution in [1.29, 1.82) is 0 Å². The summed E-state index contributed by atoms with van der Waals surface area (Å²) < 4.78 is 4.49. The van der Waals surface area contributed by atoms with E-state index in [0.717, 1.165) is 0 Å². The van der Waals surface area contributed by atoms with Crippen LogP contribution in [-0.2, 0) is 36.5 Å². The number of carbonyl (C=O) groups excluding carboxylic acids is 4. The van der Waals surface area contributed by atoms with Gasteiger partial charge in [0, 0.05) is 22.4 Å². The molecule has 100 valence electrons. The number of halogens is 1. The predicted molar refractivity (Wildman–Crippen MR) is 64.2 cm³/mol. The molecule has 0 atom stereocenters. The van der Waals surface area contributed by atoms with Crippen LogP contribution < -0.4 is 0 Å². The molecule has 0 amide bonds. The van der Waals surface area contributed by atoms with Crippen LogP contribution in [0.5, 0.6) is 0 Å². The molecule has 7 heteroatoms. The minimum absolute atomic E-state index is 0. The fourth-order valence-corrected chi connectivity index (χ4v) is 0.924. The smallest absolute Gasteiger partial charge is 0.337 e. The Bertz CT molecular complexity index is 317. The van der Waals surface area contributed by atoms with Crippen molar-refractivity contribution in [1.82, 2.24) is 0 Å². The first-order chi connectivity index (χ1) is 8.24. The molecule has 0 N–H and O–H groups in total. The molecule has 0 aromatic heterocycles. The zero-order valence-corrected chi connectivity index (χ0v) is 11.8. The minimum Gasteiger partial charge on any atom is -0.465 e. The van der Waals surface area contributed by atoms with Gasteiger partial charge in [0.05, 0.1) is 12.7 Å². The fraction of sp³-hybridized carbons (Fsp3) is 0.0909. The Balaban J connectivity index is -0.000000123. The maximum Gasteiger partial charge on any atom is 0.337 e. The van der Waals surface area contributed by atoms with Crippen LogP contribution in [0.15, 0.2) is 24.3 Å². The molecule has 0 radical (unpaired) electrons. The third kappa shape index (κ3) is 12.6. The molecule has 0 saturated carbocycles. The Morgan fingerprint density at radius 1 is 1.11 bits per heavy atom. The van der Waals surface area contributed by atoms with E-state index >= 15 is 0 Å². The van der Waals surface area contributed by atoms with Crippen molar-refractivity contribution in [3.8, 4) is 0 Å². The first-order valence-electron chi connectivity index (χ1n) is 3.94. The van der Waals surface area contributed by atoms with Crippen LogP contribution in [0.4, 0.5) is 0 Å². The molecule has 5 nitrogen and oxygen atoms in total. The van der Waals surface area contributed by atoms with Crippen molar-refractivity contribution in [2.75, 3.05) is 7.11 Å². The van der Waals surface area contributed by atoms with Crippen molar-refractivity contribution in [3.63, 3.8) is 0 Å². The van der Waals surface area contributed by atoms with E-state index < -0.39 is 0 Å². The van der Waals surface area contributed by atoms with Gasteiger partial charge in [-0.25, -0.2) is 4.79 Å². The molecule has 1 aromatic rings. The Kier molecular flexibility index (Phi) is 29.4. The van der Waals surface area contributed by atoms with Gasteiger partial charge in [-0.2, -0.15) is 0 Å². The summed E-state index contributed by atoms with van der Waals surface area (Å²) in [6.07, 6.45) is 0. The fourth-order valence-electron chi connectivity index (χ4n) is 0.733. The summed E-state index contributed by atoms with van der Waals surface area (Å²) in [5, 5.41) is 0.535. The Hall–Kier alpha value is -1.48. The van der Waals surface area contributed by atoms with Crippen molar-refractivity contribution in [3.05, 3.63) is 34.9 Å². The van der Waals surface area contributed by atoms with E-state index in [4.69, 9.17) is 26.0 Å². The first-order valence-corrected chi connectivity index (χ1v) is 4.32. The molecule has 18 heavy (non-hydrogen) atoms. The van der Waals surface area contributed by atoms with Gasteiger partial charge in [0.15, 0.2) is 0 Å². The van der Waals surface area contributed by atoms with Crippen molar-refractivity contribution in [2.45, 2.75) is 0 Å². The van der Waals surface area contributed by atoms with Crippen LogP contribution in [-0.4, -0.2) is 33.4 Å². The van der Waals surface area contributed by atoms with E-state index in [0.29, 0.717) is 10.6 Å². The van der Waals surface area contributed by atoms with Gasteiger partial charge in [0.25, 0.3) is 0 Å². The van der Waals surface area contributed by atoms with Crippen LogP contribution in [0.3, 0.4) is 0 Å². The Labute approximate surface area is 121 Å². The summed E-state index contributed by atoms with van der Waals surface area (Å²) in [6.45, 7) is 6.00. The zero-order valence-electron chi connectivity index (χ0n) is 9.76. The molecule has 0 aliphatic carbocycles. The zero-order chi connectivity index (χ0) is 14.3. The number of carbonyl (C=O) groups is 4. The van der Waals surface area contributed by atoms with Crippen LogP contribution in [0.1, 0.15) is 10.4 Å². The van der Waals surface area contributed by atoms with Crippen LogP contribution in [0.25, 0.3) is 0 Å². The number of benzene rings is 1. The van der Waals surface area contributed by atoms with Gasteiger partial charge in [-0.1, -0.05) is 17.7 Å². The SMILES string of the molecule is C=O.C=O.C=O.COC(=O)c1cccc(Cl)c1.[Cr]. The van der Waals surface area contributed by atoms with Crippen LogP contribution in [0.2, 0.25) is 5.02 Å². The summed E-state index contributed by atoms with van der Waals surface area (Å²) in [5.74, 6) is -0.368. The van der Waals surface area contributed by atoms with Gasteiger partial charge in [0.2, 0.25) is 0 Å². The second-order valence-electron chi connectivity index (χ2n) is 2.00. The molecule has 1 rings (SSSR count). The van der Waals surface area contributed by atoms with Crippen molar-refractivity contribution < 1.29 is 41.3 Å². The Morgan fingerprint density at radius 2 is 1.56 bits per heavy atom. The number of hydrogen-bond donors (Lipinski definition) is 0. The number of methoxy groups -OCH3 is 1. The summed E-state index contributed by atoms with van der Waals surface area (Å²) >= 11 is 5.64. The second-order valence-corrected chi connectivity index (χ2v) is 2.44. The second kappa shape index (κ2) is 20.9. The molecule has 0 spiro atoms. The number of esters is 1. The molecule has 0 saturated heterocycles. The third-order valence-electron chi connectivity index (χ3n) is 1.25. The van der Waals surface area contributed by atoms with Gasteiger partial charge in [0.1, 0.15) is 20.4 Å². The summed E-state index contributed by atoms with van der Waals surface area (Å²) in [7, 11) is 1.34. The largest absolute Gasteiger partial charge is 0.465 e. The molecule has 1 aromatic carbocycles. The third-order valence-corrected chi connectivity index (χ3v) is 1.48. The van der Waals surface area contributed by atoms with Gasteiger partial charge in [-0.3, -0.25) is 0 Å². The molecule has 0 bridgehead atoms. The molecular weight excluding hydrogens is 300 g/mol. The Morgan fingerprint density at radius 3 is 1.89 bits per heavy atom. The molecule has 0 aliphatic heterocycles.